The number of rotatable bonds is 7. The summed E-state index contributed by atoms with van der Waals surface area (Å²) < 4.78 is 33.4. The van der Waals surface area contributed by atoms with E-state index in [-0.39, 0.29) is 47.9 Å². The van der Waals surface area contributed by atoms with Crippen LogP contribution in [0.4, 0.5) is 8.78 Å². The molecule has 0 aromatic heterocycles. The molecule has 4 atom stereocenters. The summed E-state index contributed by atoms with van der Waals surface area (Å²) in [4.78, 5) is 27.6. The lowest BCUT2D eigenvalue weighted by Gasteiger charge is -2.35. The van der Waals surface area contributed by atoms with Crippen LogP contribution in [-0.2, 0) is 17.7 Å². The first-order valence-electron chi connectivity index (χ1n) is 12.3. The van der Waals surface area contributed by atoms with Crippen LogP contribution in [-0.4, -0.2) is 59.1 Å². The zero-order valence-electron chi connectivity index (χ0n) is 19.5. The minimum atomic E-state index is -2.88. The minimum absolute atomic E-state index is 0.0323. The van der Waals surface area contributed by atoms with Crippen LogP contribution in [0.3, 0.4) is 0 Å². The van der Waals surface area contributed by atoms with E-state index in [1.54, 1.807) is 4.90 Å². The lowest BCUT2D eigenvalue weighted by atomic mass is 9.90. The van der Waals surface area contributed by atoms with Gasteiger partial charge in [-0.05, 0) is 48.9 Å². The Balaban J connectivity index is 1.25. The molecule has 2 saturated heterocycles. The van der Waals surface area contributed by atoms with Crippen LogP contribution in [0.2, 0.25) is 0 Å². The van der Waals surface area contributed by atoms with Crippen molar-refractivity contribution in [1.29, 1.82) is 0 Å². The number of aliphatic hydroxyl groups is 1. The van der Waals surface area contributed by atoms with Gasteiger partial charge in [-0.1, -0.05) is 30.3 Å². The highest BCUT2D eigenvalue weighted by Gasteiger charge is 2.41. The fourth-order valence-electron chi connectivity index (χ4n) is 5.59. The van der Waals surface area contributed by atoms with Gasteiger partial charge in [0, 0.05) is 35.7 Å². The average molecular weight is 485 g/mol. The van der Waals surface area contributed by atoms with Crippen LogP contribution in [0.15, 0.2) is 42.5 Å². The molecule has 2 fully saturated rings. The smallest absolute Gasteiger partial charge is 0.264 e. The van der Waals surface area contributed by atoms with Crippen molar-refractivity contribution in [3.8, 4) is 0 Å². The van der Waals surface area contributed by atoms with E-state index in [4.69, 9.17) is 4.74 Å². The number of nitrogens with zero attached hydrogens (tertiary/aromatic N) is 1. The largest absolute Gasteiger partial charge is 0.391 e. The van der Waals surface area contributed by atoms with E-state index >= 15 is 0 Å². The van der Waals surface area contributed by atoms with Gasteiger partial charge in [0.2, 0.25) is 0 Å². The molecule has 3 aliphatic heterocycles. The second-order valence-corrected chi connectivity index (χ2v) is 9.73. The molecule has 0 saturated carbocycles. The number of amides is 1. The number of ketones is 1. The normalized spacial score (nSPS) is 24.3. The van der Waals surface area contributed by atoms with Gasteiger partial charge in [-0.25, -0.2) is 8.78 Å². The fraction of sp³-hybridized carbons (Fsp3) is 0.481. The monoisotopic (exact) mass is 484 g/mol. The third kappa shape index (κ3) is 4.87. The van der Waals surface area contributed by atoms with Crippen molar-refractivity contribution < 1.29 is 28.2 Å². The summed E-state index contributed by atoms with van der Waals surface area (Å²) in [5.74, 6) is -0.748. The van der Waals surface area contributed by atoms with E-state index < -0.39 is 24.0 Å². The van der Waals surface area contributed by atoms with Crippen molar-refractivity contribution in [3.05, 3.63) is 70.3 Å². The van der Waals surface area contributed by atoms with Crippen LogP contribution in [0.5, 0.6) is 0 Å². The Hall–Kier alpha value is -2.68. The standard InChI is InChI=1S/C27H30F2N2O4/c28-26(29)22-11-17(5-8-21(22)27(34)31-19-6-7-20(31)15-35-14-19)24(32)9-10-25(33)23-12-16-3-1-2-4-18(16)13-30-23/h1-5,8,11,19-20,23,25-26,30,33H,6-7,9-10,12-15H2/t19?,20?,23-,25+/m0/s1. The number of hydrogen-bond acceptors (Lipinski definition) is 5. The van der Waals surface area contributed by atoms with Crippen molar-refractivity contribution in [2.24, 2.45) is 0 Å². The van der Waals surface area contributed by atoms with Crippen molar-refractivity contribution in [1.82, 2.24) is 10.2 Å². The molecule has 3 heterocycles. The molecule has 2 aromatic carbocycles. The van der Waals surface area contributed by atoms with Crippen LogP contribution in [0.25, 0.3) is 0 Å². The molecule has 35 heavy (non-hydrogen) atoms. The quantitative estimate of drug-likeness (QED) is 0.587. The second-order valence-electron chi connectivity index (χ2n) is 9.73. The van der Waals surface area contributed by atoms with Gasteiger partial charge >= 0.3 is 0 Å². The topological polar surface area (TPSA) is 78.9 Å². The number of aliphatic hydroxyl groups excluding tert-OH is 1. The first-order valence-corrected chi connectivity index (χ1v) is 12.3. The number of morpholine rings is 1. The number of hydrogen-bond donors (Lipinski definition) is 2. The van der Waals surface area contributed by atoms with E-state index in [0.717, 1.165) is 18.9 Å². The fourth-order valence-corrected chi connectivity index (χ4v) is 5.59. The zero-order chi connectivity index (χ0) is 24.5. The van der Waals surface area contributed by atoms with E-state index in [2.05, 4.69) is 5.32 Å². The Kier molecular flexibility index (Phi) is 6.95. The number of ether oxygens (including phenoxy) is 1. The lowest BCUT2D eigenvalue weighted by molar-refractivity contribution is -0.00745. The number of Topliss-reactive ketones (excluding diaryl/α,β-unsaturated/α-hetero) is 1. The Morgan fingerprint density at radius 1 is 1.09 bits per heavy atom. The van der Waals surface area contributed by atoms with Gasteiger partial charge in [0.05, 0.1) is 31.4 Å². The lowest BCUT2D eigenvalue weighted by Crippen LogP contribution is -2.49. The van der Waals surface area contributed by atoms with E-state index in [9.17, 15) is 23.5 Å². The first kappa shape index (κ1) is 24.0. The van der Waals surface area contributed by atoms with Gasteiger partial charge in [-0.3, -0.25) is 9.59 Å². The molecule has 3 aliphatic rings. The van der Waals surface area contributed by atoms with Crippen molar-refractivity contribution in [2.45, 2.75) is 69.3 Å². The number of halogens is 2. The van der Waals surface area contributed by atoms with E-state index in [1.165, 1.54) is 23.3 Å². The summed E-state index contributed by atoms with van der Waals surface area (Å²) in [5.41, 5.74) is 2.04. The molecule has 0 spiro atoms. The Morgan fingerprint density at radius 2 is 1.80 bits per heavy atom. The molecule has 2 aromatic rings. The van der Waals surface area contributed by atoms with Gasteiger partial charge in [0.25, 0.3) is 12.3 Å². The third-order valence-electron chi connectivity index (χ3n) is 7.56. The Labute approximate surface area is 203 Å². The minimum Gasteiger partial charge on any atom is -0.391 e. The van der Waals surface area contributed by atoms with Crippen molar-refractivity contribution in [3.63, 3.8) is 0 Å². The molecule has 0 radical (unpaired) electrons. The summed E-state index contributed by atoms with van der Waals surface area (Å²) in [6, 6.07) is 11.6. The van der Waals surface area contributed by atoms with Gasteiger partial charge in [-0.15, -0.1) is 0 Å². The summed E-state index contributed by atoms with van der Waals surface area (Å²) in [6.45, 7) is 1.50. The third-order valence-corrected chi connectivity index (χ3v) is 7.56. The molecule has 0 aliphatic carbocycles. The summed E-state index contributed by atoms with van der Waals surface area (Å²) >= 11 is 0. The van der Waals surface area contributed by atoms with Crippen LogP contribution >= 0.6 is 0 Å². The second kappa shape index (κ2) is 10.1. The summed E-state index contributed by atoms with van der Waals surface area (Å²) in [5, 5.41) is 14.0. The van der Waals surface area contributed by atoms with Crippen molar-refractivity contribution >= 4 is 11.7 Å². The van der Waals surface area contributed by atoms with Gasteiger partial charge in [-0.2, -0.15) is 0 Å². The molecule has 1 amide bonds. The Morgan fingerprint density at radius 3 is 2.51 bits per heavy atom. The molecular weight excluding hydrogens is 454 g/mol. The molecule has 186 valence electrons. The molecule has 6 nitrogen and oxygen atoms in total. The predicted octanol–water partition coefficient (Wildman–Crippen LogP) is 3.67. The number of nitrogens with one attached hydrogen (secondary N) is 1. The SMILES string of the molecule is O=C(CC[C@@H](O)[C@@H]1Cc2ccccc2CN1)c1ccc(C(=O)N2C3CCC2COC3)c(C(F)F)c1. The molecule has 5 rings (SSSR count). The highest BCUT2D eigenvalue weighted by atomic mass is 19.3. The molecule has 2 unspecified atom stereocenters. The van der Waals surface area contributed by atoms with Crippen molar-refractivity contribution in [2.75, 3.05) is 13.2 Å². The van der Waals surface area contributed by atoms with Crippen LogP contribution in [0.1, 0.15) is 69.5 Å². The average Bonchev–Trinajstić information content (AvgIpc) is 3.13. The number of fused-ring (bicyclic) bond motifs is 3. The summed E-state index contributed by atoms with van der Waals surface area (Å²) in [7, 11) is 0. The highest BCUT2D eigenvalue weighted by molar-refractivity contribution is 6.00. The number of carbonyl (C=O) groups excluding carboxylic acids is 2. The maximum atomic E-state index is 13.9. The first-order chi connectivity index (χ1) is 16.9. The number of benzene rings is 2. The molecule has 2 bridgehead atoms. The van der Waals surface area contributed by atoms with Crippen LogP contribution in [0, 0.1) is 0 Å². The Bertz CT molecular complexity index is 1090. The van der Waals surface area contributed by atoms with E-state index in [1.807, 2.05) is 24.3 Å². The predicted molar refractivity (Wildman–Crippen MR) is 126 cm³/mol. The molecule has 8 heteroatoms. The number of carbonyl (C=O) groups is 2. The zero-order valence-corrected chi connectivity index (χ0v) is 19.5. The maximum absolute atomic E-state index is 13.9. The van der Waals surface area contributed by atoms with Crippen LogP contribution < -0.4 is 5.32 Å². The summed E-state index contributed by atoms with van der Waals surface area (Å²) in [6.07, 6.45) is -1.08. The number of alkyl halides is 2. The molecular formula is C27H30F2N2O4. The maximum Gasteiger partial charge on any atom is 0.264 e. The van der Waals surface area contributed by atoms with E-state index in [0.29, 0.717) is 26.2 Å². The van der Waals surface area contributed by atoms with Gasteiger partial charge < -0.3 is 20.1 Å². The van der Waals surface area contributed by atoms with Gasteiger partial charge in [0.15, 0.2) is 5.78 Å². The van der Waals surface area contributed by atoms with Gasteiger partial charge in [0.1, 0.15) is 0 Å². The highest BCUT2D eigenvalue weighted by Crippen LogP contribution is 2.33. The molecule has 2 N–H and O–H groups in total.